The highest BCUT2D eigenvalue weighted by molar-refractivity contribution is 8.00. The first kappa shape index (κ1) is 29.3. The summed E-state index contributed by atoms with van der Waals surface area (Å²) in [6.45, 7) is 10.9. The molecule has 0 saturated carbocycles. The second-order valence-corrected chi connectivity index (χ2v) is 14.9. The number of thioether (sulfide) groups is 1. The molecule has 4 aliphatic rings. The number of anilines is 4. The number of hydrogen-bond acceptors (Lipinski definition) is 14. The van der Waals surface area contributed by atoms with Crippen molar-refractivity contribution in [3.05, 3.63) is 39.9 Å². The number of rotatable bonds is 8. The fourth-order valence-electron chi connectivity index (χ4n) is 7.44. The lowest BCUT2D eigenvalue weighted by Crippen LogP contribution is -2.61. The number of nitrogens with zero attached hydrogens (tertiary/aromatic N) is 9. The quantitative estimate of drug-likeness (QED) is 0.374. The molecule has 0 radical (unpaired) electrons. The van der Waals surface area contributed by atoms with Crippen LogP contribution in [0.4, 0.5) is 22.7 Å². The van der Waals surface area contributed by atoms with E-state index in [0.717, 1.165) is 49.5 Å². The third-order valence-corrected chi connectivity index (χ3v) is 12.4. The Labute approximate surface area is 266 Å². The van der Waals surface area contributed by atoms with Gasteiger partial charge in [0, 0.05) is 67.2 Å². The summed E-state index contributed by atoms with van der Waals surface area (Å²) in [5.74, 6) is 2.49. The Balaban J connectivity index is 1.20. The highest BCUT2D eigenvalue weighted by Gasteiger charge is 2.53. The SMILES string of the molecule is CCN(c1nc(OCC23CCCN2CCN(C)C3)nc(N2CC3(C2)SCc2sc(N)c(C#N)c23)n1)[C@H](C)c1cccnc1N. The number of nitriles is 1. The van der Waals surface area contributed by atoms with E-state index in [1.165, 1.54) is 11.3 Å². The third kappa shape index (κ3) is 4.81. The summed E-state index contributed by atoms with van der Waals surface area (Å²) in [6, 6.07) is 6.47. The van der Waals surface area contributed by atoms with Crippen LogP contribution in [-0.2, 0) is 10.5 Å². The lowest BCUT2D eigenvalue weighted by atomic mass is 9.88. The lowest BCUT2D eigenvalue weighted by Gasteiger charge is -2.48. The van der Waals surface area contributed by atoms with Gasteiger partial charge in [-0.15, -0.1) is 23.1 Å². The van der Waals surface area contributed by atoms with Crippen LogP contribution in [-0.4, -0.2) is 94.7 Å². The minimum atomic E-state index is -0.180. The average Bonchev–Trinajstić information content (AvgIpc) is 3.67. The van der Waals surface area contributed by atoms with Crippen molar-refractivity contribution >= 4 is 45.8 Å². The standard InChI is InChI=1S/C30H39N11OS2/c1-4-41(19(2)20-7-5-9-34-24(20)32)27-35-26(39-16-30(17-39)23-21(13-31)25(33)44-22(23)14-43-30)36-28(37-27)42-18-29-8-6-10-40(29)12-11-38(3)15-29/h5,7,9,19H,4,6,8,10-12,14-18,33H2,1-3H3,(H2,32,34)/t19-,29?/m1/s1. The van der Waals surface area contributed by atoms with Crippen LogP contribution in [0.1, 0.15) is 54.3 Å². The van der Waals surface area contributed by atoms with E-state index in [9.17, 15) is 5.26 Å². The molecule has 232 valence electrons. The summed E-state index contributed by atoms with van der Waals surface area (Å²) in [5.41, 5.74) is 15.1. The number of hydrogen-bond donors (Lipinski definition) is 2. The largest absolute Gasteiger partial charge is 0.461 e. The molecule has 3 saturated heterocycles. The normalized spacial score (nSPS) is 23.2. The van der Waals surface area contributed by atoms with Crippen molar-refractivity contribution in [1.82, 2.24) is 29.7 Å². The monoisotopic (exact) mass is 633 g/mol. The van der Waals surface area contributed by atoms with E-state index >= 15 is 0 Å². The Hall–Kier alpha value is -3.38. The molecular formula is C30H39N11OS2. The van der Waals surface area contributed by atoms with Gasteiger partial charge in [-0.3, -0.25) is 4.90 Å². The summed E-state index contributed by atoms with van der Waals surface area (Å²) < 4.78 is 6.35. The summed E-state index contributed by atoms with van der Waals surface area (Å²) >= 11 is 3.43. The zero-order valence-electron chi connectivity index (χ0n) is 25.5. The molecule has 7 heterocycles. The molecule has 3 aromatic rings. The predicted molar refractivity (Wildman–Crippen MR) is 175 cm³/mol. The fraction of sp³-hybridized carbons (Fsp3) is 0.567. The molecule has 3 aromatic heterocycles. The molecule has 7 rings (SSSR count). The summed E-state index contributed by atoms with van der Waals surface area (Å²) in [7, 11) is 2.19. The number of likely N-dealkylation sites (N-methyl/N-ethyl adjacent to an activating group) is 1. The van der Waals surface area contributed by atoms with Crippen LogP contribution in [0, 0.1) is 11.3 Å². The molecular weight excluding hydrogens is 595 g/mol. The molecule has 0 aliphatic carbocycles. The van der Waals surface area contributed by atoms with Gasteiger partial charge in [0.15, 0.2) is 0 Å². The highest BCUT2D eigenvalue weighted by atomic mass is 32.2. The number of piperazine rings is 1. The molecule has 0 amide bonds. The molecule has 2 atom stereocenters. The predicted octanol–water partition coefficient (Wildman–Crippen LogP) is 3.07. The van der Waals surface area contributed by atoms with E-state index in [1.807, 2.05) is 23.9 Å². The van der Waals surface area contributed by atoms with Crippen LogP contribution in [0.5, 0.6) is 6.01 Å². The van der Waals surface area contributed by atoms with Gasteiger partial charge in [-0.1, -0.05) is 6.07 Å². The molecule has 1 spiro atoms. The smallest absolute Gasteiger partial charge is 0.323 e. The van der Waals surface area contributed by atoms with Crippen molar-refractivity contribution in [1.29, 1.82) is 5.26 Å². The van der Waals surface area contributed by atoms with E-state index in [-0.39, 0.29) is 16.3 Å². The number of ether oxygens (including phenoxy) is 1. The van der Waals surface area contributed by atoms with Gasteiger partial charge in [0.2, 0.25) is 11.9 Å². The minimum absolute atomic E-state index is 0.0356. The van der Waals surface area contributed by atoms with Crippen LogP contribution in [0.25, 0.3) is 0 Å². The van der Waals surface area contributed by atoms with Gasteiger partial charge in [0.1, 0.15) is 23.5 Å². The number of thiophene rings is 1. The Kier molecular flexibility index (Phi) is 7.47. The molecule has 44 heavy (non-hydrogen) atoms. The Morgan fingerprint density at radius 2 is 2.02 bits per heavy atom. The molecule has 12 nitrogen and oxygen atoms in total. The first-order valence-electron chi connectivity index (χ1n) is 15.3. The van der Waals surface area contributed by atoms with Gasteiger partial charge >= 0.3 is 6.01 Å². The van der Waals surface area contributed by atoms with E-state index in [1.54, 1.807) is 17.5 Å². The van der Waals surface area contributed by atoms with E-state index in [0.29, 0.717) is 60.5 Å². The van der Waals surface area contributed by atoms with Gasteiger partial charge in [-0.05, 0) is 46.3 Å². The zero-order chi connectivity index (χ0) is 30.6. The van der Waals surface area contributed by atoms with Crippen molar-refractivity contribution in [2.24, 2.45) is 0 Å². The molecule has 1 unspecified atom stereocenters. The lowest BCUT2D eigenvalue weighted by molar-refractivity contribution is 0.00425. The van der Waals surface area contributed by atoms with Crippen LogP contribution in [0.15, 0.2) is 18.3 Å². The minimum Gasteiger partial charge on any atom is -0.461 e. The van der Waals surface area contributed by atoms with Crippen molar-refractivity contribution in [3.63, 3.8) is 0 Å². The van der Waals surface area contributed by atoms with Crippen LogP contribution >= 0.6 is 23.1 Å². The van der Waals surface area contributed by atoms with Crippen molar-refractivity contribution in [3.8, 4) is 12.1 Å². The fourth-order valence-corrected chi connectivity index (χ4v) is 10.2. The van der Waals surface area contributed by atoms with Crippen molar-refractivity contribution in [2.75, 3.05) is 80.7 Å². The molecule has 4 aliphatic heterocycles. The maximum atomic E-state index is 9.86. The average molecular weight is 634 g/mol. The van der Waals surface area contributed by atoms with Gasteiger partial charge in [0.05, 0.1) is 21.9 Å². The third-order valence-electron chi connectivity index (χ3n) is 9.74. The number of pyridine rings is 1. The Morgan fingerprint density at radius 1 is 1.18 bits per heavy atom. The van der Waals surface area contributed by atoms with E-state index < -0.39 is 0 Å². The van der Waals surface area contributed by atoms with Crippen molar-refractivity contribution in [2.45, 2.75) is 48.8 Å². The van der Waals surface area contributed by atoms with E-state index in [2.05, 4.69) is 51.5 Å². The molecule has 0 aromatic carbocycles. The Morgan fingerprint density at radius 3 is 2.80 bits per heavy atom. The highest BCUT2D eigenvalue weighted by Crippen LogP contribution is 2.57. The summed E-state index contributed by atoms with van der Waals surface area (Å²) in [6.07, 6.45) is 3.97. The van der Waals surface area contributed by atoms with Gasteiger partial charge in [0.25, 0.3) is 0 Å². The molecule has 0 bridgehead atoms. The van der Waals surface area contributed by atoms with Crippen LogP contribution in [0.3, 0.4) is 0 Å². The van der Waals surface area contributed by atoms with Gasteiger partial charge < -0.3 is 30.9 Å². The second-order valence-electron chi connectivity index (χ2n) is 12.4. The number of nitrogens with two attached hydrogens (primary N) is 2. The van der Waals surface area contributed by atoms with Crippen LogP contribution < -0.4 is 26.0 Å². The zero-order valence-corrected chi connectivity index (χ0v) is 27.1. The van der Waals surface area contributed by atoms with E-state index in [4.69, 9.17) is 31.2 Å². The topological polar surface area (TPSA) is 150 Å². The molecule has 3 fully saturated rings. The van der Waals surface area contributed by atoms with Gasteiger partial charge in [-0.25, -0.2) is 4.98 Å². The Bertz CT molecular complexity index is 1600. The van der Waals surface area contributed by atoms with Crippen molar-refractivity contribution < 1.29 is 4.74 Å². The van der Waals surface area contributed by atoms with Crippen LogP contribution in [0.2, 0.25) is 0 Å². The maximum absolute atomic E-state index is 9.86. The first-order chi connectivity index (χ1) is 21.3. The van der Waals surface area contributed by atoms with Gasteiger partial charge in [-0.2, -0.15) is 20.2 Å². The summed E-state index contributed by atoms with van der Waals surface area (Å²) in [4.78, 5) is 29.6. The molecule has 4 N–H and O–H groups in total. The number of aromatic nitrogens is 4. The maximum Gasteiger partial charge on any atom is 0.323 e. The first-order valence-corrected chi connectivity index (χ1v) is 17.1. The second kappa shape index (κ2) is 11.2. The molecule has 14 heteroatoms. The number of fused-ring (bicyclic) bond motifs is 3. The number of nitrogen functional groups attached to an aromatic ring is 2. The summed E-state index contributed by atoms with van der Waals surface area (Å²) in [5, 5.41) is 10.5.